The highest BCUT2D eigenvalue weighted by Crippen LogP contribution is 2.27. The molecule has 0 saturated heterocycles. The van der Waals surface area contributed by atoms with Crippen LogP contribution in [0.2, 0.25) is 0 Å². The number of rotatable bonds is 3. The molecular weight excluding hydrogens is 212 g/mol. The molecule has 0 fully saturated rings. The summed E-state index contributed by atoms with van der Waals surface area (Å²) in [7, 11) is 0. The fourth-order valence-electron chi connectivity index (χ4n) is 1.86. The van der Waals surface area contributed by atoms with Crippen LogP contribution >= 0.6 is 0 Å². The lowest BCUT2D eigenvalue weighted by molar-refractivity contribution is 0.467. The Balaban J connectivity index is 2.21. The van der Waals surface area contributed by atoms with Crippen molar-refractivity contribution in [3.63, 3.8) is 0 Å². The Hall–Kier alpha value is -1.90. The van der Waals surface area contributed by atoms with Crippen LogP contribution in [0.5, 0.6) is 0 Å². The number of hydrogen-bond acceptors (Lipinski definition) is 3. The molecule has 1 aromatic carbocycles. The number of nitrogen functional groups attached to an aromatic ring is 1. The summed E-state index contributed by atoms with van der Waals surface area (Å²) in [6.45, 7) is 6.04. The summed E-state index contributed by atoms with van der Waals surface area (Å²) in [6, 6.07) is 9.95. The topological polar surface area (TPSA) is 51.2 Å². The van der Waals surface area contributed by atoms with Gasteiger partial charge in [0, 0.05) is 0 Å². The Morgan fingerprint density at radius 3 is 2.53 bits per heavy atom. The number of para-hydroxylation sites is 1. The lowest BCUT2D eigenvalue weighted by atomic mass is 10.1. The van der Waals surface area contributed by atoms with E-state index in [-0.39, 0.29) is 6.04 Å². The Bertz CT molecular complexity index is 496. The van der Waals surface area contributed by atoms with E-state index in [2.05, 4.69) is 12.2 Å². The van der Waals surface area contributed by atoms with Crippen LogP contribution in [0.1, 0.15) is 30.0 Å². The van der Waals surface area contributed by atoms with E-state index in [9.17, 15) is 0 Å². The second kappa shape index (κ2) is 4.53. The molecule has 0 spiro atoms. The molecule has 1 aromatic heterocycles. The van der Waals surface area contributed by atoms with Gasteiger partial charge in [0.1, 0.15) is 11.5 Å². The first kappa shape index (κ1) is 11.6. The standard InChI is InChI=1S/C14H18N2O/c1-9-5-4-6-12(15)14(9)16-11(3)13-8-7-10(2)17-13/h4-8,11,16H,15H2,1-3H3. The van der Waals surface area contributed by atoms with Crippen molar-refractivity contribution < 1.29 is 4.42 Å². The molecule has 90 valence electrons. The van der Waals surface area contributed by atoms with Gasteiger partial charge in [0.15, 0.2) is 0 Å². The Morgan fingerprint density at radius 1 is 1.18 bits per heavy atom. The van der Waals surface area contributed by atoms with Crippen molar-refractivity contribution in [1.82, 2.24) is 0 Å². The molecule has 3 nitrogen and oxygen atoms in total. The summed E-state index contributed by atoms with van der Waals surface area (Å²) >= 11 is 0. The maximum Gasteiger partial charge on any atom is 0.126 e. The van der Waals surface area contributed by atoms with Gasteiger partial charge in [-0.1, -0.05) is 12.1 Å². The quantitative estimate of drug-likeness (QED) is 0.791. The van der Waals surface area contributed by atoms with Crippen LogP contribution in [-0.2, 0) is 0 Å². The fraction of sp³-hybridized carbons (Fsp3) is 0.286. The van der Waals surface area contributed by atoms with E-state index < -0.39 is 0 Å². The average molecular weight is 230 g/mol. The van der Waals surface area contributed by atoms with Crippen LogP contribution in [0.4, 0.5) is 11.4 Å². The van der Waals surface area contributed by atoms with Gasteiger partial charge in [0.05, 0.1) is 17.4 Å². The van der Waals surface area contributed by atoms with Crippen molar-refractivity contribution in [1.29, 1.82) is 0 Å². The zero-order chi connectivity index (χ0) is 12.4. The summed E-state index contributed by atoms with van der Waals surface area (Å²) in [5, 5.41) is 3.39. The minimum atomic E-state index is 0.104. The third-order valence-electron chi connectivity index (χ3n) is 2.85. The predicted octanol–water partition coefficient (Wildman–Crippen LogP) is 3.65. The lowest BCUT2D eigenvalue weighted by Gasteiger charge is -2.17. The molecule has 0 aliphatic carbocycles. The molecule has 1 heterocycles. The number of aryl methyl sites for hydroxylation is 2. The number of benzene rings is 1. The Morgan fingerprint density at radius 2 is 1.94 bits per heavy atom. The number of anilines is 2. The van der Waals surface area contributed by atoms with Crippen LogP contribution in [-0.4, -0.2) is 0 Å². The Kier molecular flexibility index (Phi) is 3.09. The Labute approximate surface area is 102 Å². The summed E-state index contributed by atoms with van der Waals surface area (Å²) in [4.78, 5) is 0. The summed E-state index contributed by atoms with van der Waals surface area (Å²) in [5.41, 5.74) is 8.84. The molecule has 2 aromatic rings. The van der Waals surface area contributed by atoms with Crippen molar-refractivity contribution in [2.24, 2.45) is 0 Å². The minimum Gasteiger partial charge on any atom is -0.464 e. The van der Waals surface area contributed by atoms with E-state index in [1.807, 2.05) is 44.2 Å². The van der Waals surface area contributed by atoms with Gasteiger partial charge in [0.2, 0.25) is 0 Å². The van der Waals surface area contributed by atoms with Crippen LogP contribution in [0.3, 0.4) is 0 Å². The molecule has 2 rings (SSSR count). The predicted molar refractivity (Wildman–Crippen MR) is 71.1 cm³/mol. The second-order valence-corrected chi connectivity index (χ2v) is 4.35. The molecule has 0 bridgehead atoms. The van der Waals surface area contributed by atoms with E-state index in [0.29, 0.717) is 0 Å². The van der Waals surface area contributed by atoms with Crippen LogP contribution in [0, 0.1) is 13.8 Å². The zero-order valence-electron chi connectivity index (χ0n) is 10.4. The van der Waals surface area contributed by atoms with E-state index in [1.165, 1.54) is 0 Å². The highest BCUT2D eigenvalue weighted by Gasteiger charge is 2.11. The van der Waals surface area contributed by atoms with Crippen molar-refractivity contribution in [2.45, 2.75) is 26.8 Å². The SMILES string of the molecule is Cc1ccc(C(C)Nc2c(C)cccc2N)o1. The monoisotopic (exact) mass is 230 g/mol. The van der Waals surface area contributed by atoms with Crippen LogP contribution < -0.4 is 11.1 Å². The van der Waals surface area contributed by atoms with Crippen molar-refractivity contribution >= 4 is 11.4 Å². The molecule has 0 saturated carbocycles. The minimum absolute atomic E-state index is 0.104. The molecule has 0 radical (unpaired) electrons. The molecule has 0 aliphatic heterocycles. The molecule has 1 unspecified atom stereocenters. The molecule has 3 heteroatoms. The highest BCUT2D eigenvalue weighted by molar-refractivity contribution is 5.70. The van der Waals surface area contributed by atoms with Gasteiger partial charge >= 0.3 is 0 Å². The average Bonchev–Trinajstić information content (AvgIpc) is 2.70. The number of nitrogens with one attached hydrogen (secondary N) is 1. The molecule has 17 heavy (non-hydrogen) atoms. The molecule has 0 amide bonds. The molecule has 1 atom stereocenters. The molecule has 0 aliphatic rings. The zero-order valence-corrected chi connectivity index (χ0v) is 10.4. The third kappa shape index (κ3) is 2.44. The van der Waals surface area contributed by atoms with Crippen LogP contribution in [0.15, 0.2) is 34.7 Å². The van der Waals surface area contributed by atoms with E-state index >= 15 is 0 Å². The van der Waals surface area contributed by atoms with E-state index in [0.717, 1.165) is 28.5 Å². The first-order chi connectivity index (χ1) is 8.08. The van der Waals surface area contributed by atoms with Gasteiger partial charge in [0.25, 0.3) is 0 Å². The van der Waals surface area contributed by atoms with Crippen molar-refractivity contribution in [3.8, 4) is 0 Å². The largest absolute Gasteiger partial charge is 0.464 e. The number of furan rings is 1. The maximum absolute atomic E-state index is 5.96. The van der Waals surface area contributed by atoms with Crippen molar-refractivity contribution in [3.05, 3.63) is 47.4 Å². The molecule has 3 N–H and O–H groups in total. The second-order valence-electron chi connectivity index (χ2n) is 4.35. The number of nitrogens with two attached hydrogens (primary N) is 1. The number of hydrogen-bond donors (Lipinski definition) is 2. The summed E-state index contributed by atoms with van der Waals surface area (Å²) < 4.78 is 5.59. The molecular formula is C14H18N2O. The van der Waals surface area contributed by atoms with Gasteiger partial charge in [-0.3, -0.25) is 0 Å². The smallest absolute Gasteiger partial charge is 0.126 e. The first-order valence-corrected chi connectivity index (χ1v) is 5.76. The van der Waals surface area contributed by atoms with Gasteiger partial charge in [-0.25, -0.2) is 0 Å². The van der Waals surface area contributed by atoms with Gasteiger partial charge < -0.3 is 15.5 Å². The van der Waals surface area contributed by atoms with Gasteiger partial charge in [-0.15, -0.1) is 0 Å². The summed E-state index contributed by atoms with van der Waals surface area (Å²) in [6.07, 6.45) is 0. The summed E-state index contributed by atoms with van der Waals surface area (Å²) in [5.74, 6) is 1.84. The van der Waals surface area contributed by atoms with Gasteiger partial charge in [-0.2, -0.15) is 0 Å². The van der Waals surface area contributed by atoms with E-state index in [1.54, 1.807) is 0 Å². The van der Waals surface area contributed by atoms with Crippen LogP contribution in [0.25, 0.3) is 0 Å². The van der Waals surface area contributed by atoms with Gasteiger partial charge in [-0.05, 0) is 44.5 Å². The normalized spacial score (nSPS) is 12.4. The highest BCUT2D eigenvalue weighted by atomic mass is 16.3. The first-order valence-electron chi connectivity index (χ1n) is 5.76. The lowest BCUT2D eigenvalue weighted by Crippen LogP contribution is -2.08. The van der Waals surface area contributed by atoms with Crippen molar-refractivity contribution in [2.75, 3.05) is 11.1 Å². The maximum atomic E-state index is 5.96. The third-order valence-corrected chi connectivity index (χ3v) is 2.85. The fourth-order valence-corrected chi connectivity index (χ4v) is 1.86. The van der Waals surface area contributed by atoms with E-state index in [4.69, 9.17) is 10.2 Å².